The van der Waals surface area contributed by atoms with Crippen molar-refractivity contribution in [2.45, 2.75) is 12.6 Å². The number of nitrogens with one attached hydrogen (secondary N) is 1. The minimum Gasteiger partial charge on any atom is -0.493 e. The second-order valence-corrected chi connectivity index (χ2v) is 5.88. The summed E-state index contributed by atoms with van der Waals surface area (Å²) in [4.78, 5) is 36.1. The third-order valence-electron chi connectivity index (χ3n) is 3.99. The molecule has 0 saturated heterocycles. The summed E-state index contributed by atoms with van der Waals surface area (Å²) < 4.78 is 11.7. The van der Waals surface area contributed by atoms with E-state index in [4.69, 9.17) is 9.15 Å². The molecule has 1 amide bonds. The second kappa shape index (κ2) is 7.88. The molecule has 0 aliphatic heterocycles. The largest absolute Gasteiger partial charge is 0.493 e. The lowest BCUT2D eigenvalue weighted by Crippen LogP contribution is -2.37. The number of carbonyl (C=O) groups is 1. The summed E-state index contributed by atoms with van der Waals surface area (Å²) in [6, 6.07) is 11.1. The average Bonchev–Trinajstić information content (AvgIpc) is 2.67. The van der Waals surface area contributed by atoms with Crippen LogP contribution in [0.1, 0.15) is 10.4 Å². The Morgan fingerprint density at radius 1 is 1.26 bits per heavy atom. The van der Waals surface area contributed by atoms with E-state index in [0.717, 1.165) is 0 Å². The van der Waals surface area contributed by atoms with Crippen molar-refractivity contribution in [3.05, 3.63) is 75.0 Å². The molecule has 27 heavy (non-hydrogen) atoms. The number of fused-ring (bicyclic) bond motifs is 1. The quantitative estimate of drug-likeness (QED) is 0.620. The van der Waals surface area contributed by atoms with Gasteiger partial charge in [0.1, 0.15) is 5.56 Å². The van der Waals surface area contributed by atoms with E-state index in [1.54, 1.807) is 36.5 Å². The number of aromatic nitrogens is 1. The smallest absolute Gasteiger partial charge is 0.349 e. The van der Waals surface area contributed by atoms with E-state index in [2.05, 4.69) is 5.32 Å². The van der Waals surface area contributed by atoms with E-state index in [0.29, 0.717) is 11.1 Å². The van der Waals surface area contributed by atoms with Gasteiger partial charge in [0.05, 0.1) is 19.8 Å². The first-order valence-electron chi connectivity index (χ1n) is 8.22. The first-order chi connectivity index (χ1) is 13.0. The number of pyridine rings is 1. The summed E-state index contributed by atoms with van der Waals surface area (Å²) in [6.45, 7) is -0.112. The predicted molar refractivity (Wildman–Crippen MR) is 98.1 cm³/mol. The molecule has 0 spiro atoms. The molecule has 3 rings (SSSR count). The maximum Gasteiger partial charge on any atom is 0.349 e. The SMILES string of the molecule is COc1cccc2cc(C(=O)NCC(O)Cn3ccccc3=O)c(=O)oc12. The van der Waals surface area contributed by atoms with Crippen molar-refractivity contribution in [1.29, 1.82) is 0 Å². The number of benzene rings is 1. The maximum atomic E-state index is 12.3. The fourth-order valence-electron chi connectivity index (χ4n) is 2.65. The molecule has 3 aromatic rings. The number of para-hydroxylation sites is 1. The molecular weight excluding hydrogens is 352 g/mol. The molecule has 0 fully saturated rings. The van der Waals surface area contributed by atoms with E-state index < -0.39 is 17.6 Å². The fraction of sp³-hybridized carbons (Fsp3) is 0.211. The lowest BCUT2D eigenvalue weighted by atomic mass is 10.1. The van der Waals surface area contributed by atoms with Crippen LogP contribution >= 0.6 is 0 Å². The Morgan fingerprint density at radius 2 is 2.07 bits per heavy atom. The van der Waals surface area contributed by atoms with Gasteiger partial charge in [0.2, 0.25) is 0 Å². The van der Waals surface area contributed by atoms with Crippen LogP contribution in [-0.4, -0.2) is 35.3 Å². The number of hydrogen-bond donors (Lipinski definition) is 2. The molecule has 2 N–H and O–H groups in total. The lowest BCUT2D eigenvalue weighted by Gasteiger charge is -2.13. The Kier molecular flexibility index (Phi) is 5.37. The third kappa shape index (κ3) is 4.06. The average molecular weight is 370 g/mol. The first kappa shape index (κ1) is 18.4. The van der Waals surface area contributed by atoms with Crippen LogP contribution in [0.25, 0.3) is 11.0 Å². The Morgan fingerprint density at radius 3 is 2.81 bits per heavy atom. The van der Waals surface area contributed by atoms with Gasteiger partial charge in [-0.15, -0.1) is 0 Å². The maximum absolute atomic E-state index is 12.3. The summed E-state index contributed by atoms with van der Waals surface area (Å²) in [7, 11) is 1.45. The minimum atomic E-state index is -0.998. The van der Waals surface area contributed by atoms with Gasteiger partial charge < -0.3 is 24.1 Å². The van der Waals surface area contributed by atoms with Crippen LogP contribution in [-0.2, 0) is 6.54 Å². The summed E-state index contributed by atoms with van der Waals surface area (Å²) in [5.74, 6) is -0.284. The zero-order valence-electron chi connectivity index (χ0n) is 14.5. The van der Waals surface area contributed by atoms with Crippen molar-refractivity contribution >= 4 is 16.9 Å². The molecule has 0 aliphatic carbocycles. The molecule has 0 bridgehead atoms. The van der Waals surface area contributed by atoms with Crippen molar-refractivity contribution in [1.82, 2.24) is 9.88 Å². The predicted octanol–water partition coefficient (Wildman–Crippen LogP) is 0.754. The Balaban J connectivity index is 1.73. The van der Waals surface area contributed by atoms with Gasteiger partial charge in [0, 0.05) is 24.2 Å². The van der Waals surface area contributed by atoms with E-state index in [9.17, 15) is 19.5 Å². The number of methoxy groups -OCH3 is 1. The Bertz CT molecular complexity index is 1090. The normalized spacial score (nSPS) is 11.9. The lowest BCUT2D eigenvalue weighted by molar-refractivity contribution is 0.0899. The molecule has 2 aromatic heterocycles. The topological polar surface area (TPSA) is 111 Å². The standard InChI is InChI=1S/C19H18N2O6/c1-26-15-6-4-5-12-9-14(19(25)27-17(12)15)18(24)20-10-13(22)11-21-8-3-2-7-16(21)23/h2-9,13,22H,10-11H2,1H3,(H,20,24). The van der Waals surface area contributed by atoms with Gasteiger partial charge in [-0.3, -0.25) is 9.59 Å². The van der Waals surface area contributed by atoms with Crippen molar-refractivity contribution in [2.75, 3.05) is 13.7 Å². The molecule has 1 unspecified atom stereocenters. The molecule has 1 aromatic carbocycles. The monoisotopic (exact) mass is 370 g/mol. The minimum absolute atomic E-state index is 0.0173. The summed E-state index contributed by atoms with van der Waals surface area (Å²) in [5, 5.41) is 13.1. The van der Waals surface area contributed by atoms with Crippen LogP contribution < -0.4 is 21.2 Å². The summed E-state index contributed by atoms with van der Waals surface area (Å²) >= 11 is 0. The highest BCUT2D eigenvalue weighted by Gasteiger charge is 2.16. The number of aliphatic hydroxyl groups is 1. The highest BCUT2D eigenvalue weighted by atomic mass is 16.5. The van der Waals surface area contributed by atoms with E-state index in [1.807, 2.05) is 0 Å². The van der Waals surface area contributed by atoms with Gasteiger partial charge >= 0.3 is 5.63 Å². The molecule has 8 heteroatoms. The molecule has 140 valence electrons. The second-order valence-electron chi connectivity index (χ2n) is 5.88. The summed E-state index contributed by atoms with van der Waals surface area (Å²) in [6.07, 6.45) is 0.542. The molecule has 1 atom stereocenters. The number of carbonyl (C=O) groups excluding carboxylic acids is 1. The molecule has 0 radical (unpaired) electrons. The van der Waals surface area contributed by atoms with Gasteiger partial charge in [-0.05, 0) is 18.2 Å². The van der Waals surface area contributed by atoms with Gasteiger partial charge in [0.25, 0.3) is 11.5 Å². The van der Waals surface area contributed by atoms with Gasteiger partial charge in [-0.25, -0.2) is 4.79 Å². The van der Waals surface area contributed by atoms with Crippen molar-refractivity contribution in [2.24, 2.45) is 0 Å². The summed E-state index contributed by atoms with van der Waals surface area (Å²) in [5.41, 5.74) is -0.991. The number of aliphatic hydroxyl groups excluding tert-OH is 1. The third-order valence-corrected chi connectivity index (χ3v) is 3.99. The van der Waals surface area contributed by atoms with Crippen molar-refractivity contribution in [3.63, 3.8) is 0 Å². The van der Waals surface area contributed by atoms with Crippen LogP contribution in [0.2, 0.25) is 0 Å². The molecule has 2 heterocycles. The molecular formula is C19H18N2O6. The highest BCUT2D eigenvalue weighted by Crippen LogP contribution is 2.24. The molecule has 0 saturated carbocycles. The highest BCUT2D eigenvalue weighted by molar-refractivity contribution is 5.97. The zero-order valence-corrected chi connectivity index (χ0v) is 14.5. The van der Waals surface area contributed by atoms with Crippen LogP contribution in [0.15, 0.2) is 62.7 Å². The Hall–Kier alpha value is -3.39. The van der Waals surface area contributed by atoms with Crippen LogP contribution in [0.3, 0.4) is 0 Å². The fourth-order valence-corrected chi connectivity index (χ4v) is 2.65. The molecule has 8 nitrogen and oxygen atoms in total. The Labute approximate surface area is 153 Å². The number of ether oxygens (including phenoxy) is 1. The van der Waals surface area contributed by atoms with Crippen molar-refractivity contribution in [3.8, 4) is 5.75 Å². The number of rotatable bonds is 6. The van der Waals surface area contributed by atoms with Gasteiger partial charge in [0.15, 0.2) is 11.3 Å². The van der Waals surface area contributed by atoms with E-state index in [-0.39, 0.29) is 29.8 Å². The van der Waals surface area contributed by atoms with Gasteiger partial charge in [-0.2, -0.15) is 0 Å². The number of amides is 1. The zero-order chi connectivity index (χ0) is 19.4. The first-order valence-corrected chi connectivity index (χ1v) is 8.22. The van der Waals surface area contributed by atoms with Crippen LogP contribution in [0, 0.1) is 0 Å². The van der Waals surface area contributed by atoms with Crippen LogP contribution in [0.4, 0.5) is 0 Å². The molecule has 0 aliphatic rings. The number of hydrogen-bond acceptors (Lipinski definition) is 6. The van der Waals surface area contributed by atoms with Crippen molar-refractivity contribution < 1.29 is 19.1 Å². The van der Waals surface area contributed by atoms with E-state index >= 15 is 0 Å². The van der Waals surface area contributed by atoms with E-state index in [1.165, 1.54) is 23.8 Å². The van der Waals surface area contributed by atoms with Gasteiger partial charge in [-0.1, -0.05) is 18.2 Å². The van der Waals surface area contributed by atoms with Crippen LogP contribution in [0.5, 0.6) is 5.75 Å². The number of nitrogens with zero attached hydrogens (tertiary/aromatic N) is 1.